The van der Waals surface area contributed by atoms with Gasteiger partial charge in [-0.05, 0) is 89.9 Å². The van der Waals surface area contributed by atoms with Gasteiger partial charge in [0, 0.05) is 19.3 Å². The molecule has 1 atom stereocenters. The average molecular weight is 1070 g/mol. The van der Waals surface area contributed by atoms with E-state index in [0.29, 0.717) is 19.3 Å². The predicted octanol–water partition coefficient (Wildman–Crippen LogP) is 22.7. The summed E-state index contributed by atoms with van der Waals surface area (Å²) in [6.45, 7) is 6.49. The van der Waals surface area contributed by atoms with Gasteiger partial charge >= 0.3 is 17.9 Å². The molecule has 0 aromatic rings. The van der Waals surface area contributed by atoms with E-state index in [1.807, 2.05) is 0 Å². The molecule has 0 aliphatic rings. The highest BCUT2D eigenvalue weighted by atomic mass is 16.6. The minimum Gasteiger partial charge on any atom is -0.462 e. The molecule has 0 spiro atoms. The first kappa shape index (κ1) is 73.6. The van der Waals surface area contributed by atoms with Gasteiger partial charge in [-0.2, -0.15) is 0 Å². The third kappa shape index (κ3) is 63.3. The van der Waals surface area contributed by atoms with Gasteiger partial charge in [-0.15, -0.1) is 0 Å². The first-order chi connectivity index (χ1) is 38.0. The fourth-order valence-corrected chi connectivity index (χ4v) is 9.45. The zero-order chi connectivity index (χ0) is 55.7. The van der Waals surface area contributed by atoms with Crippen molar-refractivity contribution in [2.75, 3.05) is 13.2 Å². The van der Waals surface area contributed by atoms with Crippen molar-refractivity contribution in [3.63, 3.8) is 0 Å². The molecule has 0 N–H and O–H groups in total. The Bertz CT molecular complexity index is 1470. The van der Waals surface area contributed by atoms with Crippen LogP contribution in [0.5, 0.6) is 0 Å². The Hall–Kier alpha value is -3.41. The fourth-order valence-electron chi connectivity index (χ4n) is 9.45. The van der Waals surface area contributed by atoms with Crippen LogP contribution in [0.3, 0.4) is 0 Å². The maximum absolute atomic E-state index is 12.9. The zero-order valence-corrected chi connectivity index (χ0v) is 51.0. The lowest BCUT2D eigenvalue weighted by molar-refractivity contribution is -0.167. The Labute approximate surface area is 477 Å². The van der Waals surface area contributed by atoms with Crippen LogP contribution in [-0.2, 0) is 28.6 Å². The largest absolute Gasteiger partial charge is 0.462 e. The number of ether oxygens (including phenoxy) is 3. The van der Waals surface area contributed by atoms with Gasteiger partial charge in [-0.25, -0.2) is 0 Å². The van der Waals surface area contributed by atoms with E-state index in [0.717, 1.165) is 103 Å². The van der Waals surface area contributed by atoms with Crippen LogP contribution in [0.4, 0.5) is 0 Å². The van der Waals surface area contributed by atoms with E-state index >= 15 is 0 Å². The van der Waals surface area contributed by atoms with Gasteiger partial charge in [-0.3, -0.25) is 14.4 Å². The molecule has 0 amide bonds. The van der Waals surface area contributed by atoms with Crippen molar-refractivity contribution in [3.05, 3.63) is 85.1 Å². The molecule has 1 unspecified atom stereocenters. The van der Waals surface area contributed by atoms with E-state index in [1.165, 1.54) is 180 Å². The van der Waals surface area contributed by atoms with Crippen LogP contribution in [0.2, 0.25) is 0 Å². The SMILES string of the molecule is CC/C=C\C/C=C\C/C=C\C/C=C\C/C=C\CCCC(=O)OC(COC(=O)CCCCCCC/C=C\C/C=C\CCCCCC)COC(=O)CCCCCCCCCCCCCCCCCCCCCCCCCCCC. The lowest BCUT2D eigenvalue weighted by Gasteiger charge is -2.18. The molecule has 0 aliphatic heterocycles. The van der Waals surface area contributed by atoms with E-state index < -0.39 is 6.10 Å². The van der Waals surface area contributed by atoms with Gasteiger partial charge < -0.3 is 14.2 Å². The Kier molecular flexibility index (Phi) is 62.2. The van der Waals surface area contributed by atoms with Crippen LogP contribution in [0.15, 0.2) is 85.1 Å². The predicted molar refractivity (Wildman–Crippen MR) is 334 cm³/mol. The molecular weight excluding hydrogens is 949 g/mol. The molecular formula is C71H124O6. The van der Waals surface area contributed by atoms with E-state index in [2.05, 4.69) is 106 Å². The van der Waals surface area contributed by atoms with Crippen molar-refractivity contribution in [1.29, 1.82) is 0 Å². The van der Waals surface area contributed by atoms with Crippen LogP contribution in [0.1, 0.15) is 329 Å². The Morgan fingerprint density at radius 2 is 0.519 bits per heavy atom. The minimum atomic E-state index is -0.813. The Balaban J connectivity index is 4.34. The van der Waals surface area contributed by atoms with Gasteiger partial charge in [0.15, 0.2) is 6.10 Å². The highest BCUT2D eigenvalue weighted by Crippen LogP contribution is 2.17. The van der Waals surface area contributed by atoms with Gasteiger partial charge in [0.25, 0.3) is 0 Å². The number of carbonyl (C=O) groups excluding carboxylic acids is 3. The molecule has 0 fully saturated rings. The summed E-state index contributed by atoms with van der Waals surface area (Å²) in [5.74, 6) is -0.961. The van der Waals surface area contributed by atoms with Crippen LogP contribution in [0.25, 0.3) is 0 Å². The number of allylic oxidation sites excluding steroid dienone is 14. The van der Waals surface area contributed by atoms with Gasteiger partial charge in [0.1, 0.15) is 13.2 Å². The van der Waals surface area contributed by atoms with Crippen molar-refractivity contribution in [2.45, 2.75) is 335 Å². The fraction of sp³-hybridized carbons (Fsp3) is 0.761. The number of esters is 3. The summed E-state index contributed by atoms with van der Waals surface area (Å²) in [5.41, 5.74) is 0. The molecule has 0 saturated heterocycles. The highest BCUT2D eigenvalue weighted by Gasteiger charge is 2.19. The molecule has 0 aromatic heterocycles. The standard InChI is InChI=1S/C71H124O6/c1-4-7-10-13-16-19-22-25-28-31-32-33-34-35-36-37-38-39-41-43-46-49-52-55-58-61-64-70(73)76-67-68(66-75-69(72)63-60-57-54-51-48-45-42-30-27-24-21-18-15-12-9-6-3)77-71(74)65-62-59-56-53-50-47-44-40-29-26-23-20-17-14-11-8-5-2/h8,11,17,20-21,24,26,29-30,42,44,47,53,56,68H,4-7,9-10,12-16,18-19,22-23,25,27-28,31-41,43,45-46,48-52,54-55,57-67H2,1-3H3/b11-8-,20-17-,24-21-,29-26-,42-30-,47-44-,56-53-. The van der Waals surface area contributed by atoms with Gasteiger partial charge in [0.05, 0.1) is 0 Å². The number of unbranched alkanes of at least 4 members (excludes halogenated alkanes) is 35. The van der Waals surface area contributed by atoms with E-state index in [4.69, 9.17) is 14.2 Å². The average Bonchev–Trinajstić information content (AvgIpc) is 3.43. The molecule has 0 bridgehead atoms. The van der Waals surface area contributed by atoms with E-state index in [-0.39, 0.29) is 37.5 Å². The maximum Gasteiger partial charge on any atom is 0.306 e. The minimum absolute atomic E-state index is 0.101. The molecule has 444 valence electrons. The quantitative estimate of drug-likeness (QED) is 0.0261. The summed E-state index contributed by atoms with van der Waals surface area (Å²) in [6.07, 6.45) is 86.1. The molecule has 6 heteroatoms. The first-order valence-corrected chi connectivity index (χ1v) is 33.1. The molecule has 0 saturated carbocycles. The second-order valence-corrected chi connectivity index (χ2v) is 22.0. The number of rotatable bonds is 60. The van der Waals surface area contributed by atoms with Crippen molar-refractivity contribution in [2.24, 2.45) is 0 Å². The maximum atomic E-state index is 12.9. The van der Waals surface area contributed by atoms with E-state index in [9.17, 15) is 14.4 Å². The van der Waals surface area contributed by atoms with Crippen LogP contribution >= 0.6 is 0 Å². The normalized spacial score (nSPS) is 12.6. The monoisotopic (exact) mass is 1070 g/mol. The van der Waals surface area contributed by atoms with Gasteiger partial charge in [0.2, 0.25) is 0 Å². The number of carbonyl (C=O) groups is 3. The third-order valence-electron chi connectivity index (χ3n) is 14.4. The number of hydrogen-bond donors (Lipinski definition) is 0. The molecule has 6 nitrogen and oxygen atoms in total. The summed E-state index contributed by atoms with van der Waals surface area (Å²) in [6, 6.07) is 0. The topological polar surface area (TPSA) is 78.9 Å². The molecule has 0 aromatic carbocycles. The summed E-state index contributed by atoms with van der Waals surface area (Å²) >= 11 is 0. The zero-order valence-electron chi connectivity index (χ0n) is 51.0. The lowest BCUT2D eigenvalue weighted by Crippen LogP contribution is -2.30. The summed E-state index contributed by atoms with van der Waals surface area (Å²) in [4.78, 5) is 38.3. The summed E-state index contributed by atoms with van der Waals surface area (Å²) < 4.78 is 16.9. The molecule has 0 aliphatic carbocycles. The molecule has 0 rings (SSSR count). The van der Waals surface area contributed by atoms with Crippen LogP contribution in [0, 0.1) is 0 Å². The van der Waals surface area contributed by atoms with Crippen molar-refractivity contribution in [1.82, 2.24) is 0 Å². The first-order valence-electron chi connectivity index (χ1n) is 33.1. The Morgan fingerprint density at radius 1 is 0.273 bits per heavy atom. The lowest BCUT2D eigenvalue weighted by atomic mass is 10.0. The Morgan fingerprint density at radius 3 is 0.844 bits per heavy atom. The second kappa shape index (κ2) is 65.1. The summed E-state index contributed by atoms with van der Waals surface area (Å²) in [5, 5.41) is 0. The highest BCUT2D eigenvalue weighted by molar-refractivity contribution is 5.71. The van der Waals surface area contributed by atoms with Crippen molar-refractivity contribution in [3.8, 4) is 0 Å². The molecule has 0 heterocycles. The van der Waals surface area contributed by atoms with E-state index in [1.54, 1.807) is 0 Å². The second-order valence-electron chi connectivity index (χ2n) is 22.0. The van der Waals surface area contributed by atoms with Crippen LogP contribution in [-0.4, -0.2) is 37.2 Å². The molecule has 77 heavy (non-hydrogen) atoms. The van der Waals surface area contributed by atoms with Crippen LogP contribution < -0.4 is 0 Å². The third-order valence-corrected chi connectivity index (χ3v) is 14.4. The van der Waals surface area contributed by atoms with Crippen molar-refractivity contribution < 1.29 is 28.6 Å². The van der Waals surface area contributed by atoms with Crippen molar-refractivity contribution >= 4 is 17.9 Å². The van der Waals surface area contributed by atoms with Gasteiger partial charge in [-0.1, -0.05) is 305 Å². The number of hydrogen-bond acceptors (Lipinski definition) is 6. The molecule has 0 radical (unpaired) electrons. The summed E-state index contributed by atoms with van der Waals surface area (Å²) in [7, 11) is 0. The smallest absolute Gasteiger partial charge is 0.306 e.